The largest absolute Gasteiger partial charge is 0.362 e. The van der Waals surface area contributed by atoms with Gasteiger partial charge in [0.2, 0.25) is 0 Å². The van der Waals surface area contributed by atoms with Crippen LogP contribution < -0.4 is 10.6 Å². The molecule has 2 aromatic rings. The van der Waals surface area contributed by atoms with Gasteiger partial charge in [0.05, 0.1) is 24.3 Å². The maximum absolute atomic E-state index is 6.06. The molecule has 2 rings (SSSR count). The summed E-state index contributed by atoms with van der Waals surface area (Å²) in [5.41, 5.74) is 8.44. The first-order valence-electron chi connectivity index (χ1n) is 7.26. The van der Waals surface area contributed by atoms with Crippen molar-refractivity contribution in [3.05, 3.63) is 48.5 Å². The Bertz CT molecular complexity index is 506. The van der Waals surface area contributed by atoms with E-state index in [0.29, 0.717) is 6.54 Å². The van der Waals surface area contributed by atoms with Gasteiger partial charge in [-0.05, 0) is 18.6 Å². The van der Waals surface area contributed by atoms with Gasteiger partial charge in [-0.25, -0.2) is 4.98 Å². The average molecular weight is 272 g/mol. The van der Waals surface area contributed by atoms with E-state index in [1.165, 1.54) is 12.1 Å². The van der Waals surface area contributed by atoms with Crippen molar-refractivity contribution >= 4 is 5.69 Å². The molecule has 0 aliphatic rings. The Morgan fingerprint density at radius 2 is 2.05 bits per heavy atom. The number of anilines is 1. The number of unbranched alkanes of at least 4 members (excludes halogenated alkanes) is 1. The van der Waals surface area contributed by atoms with Crippen LogP contribution >= 0.6 is 0 Å². The standard InChI is InChI=1S/C16H24N4/c1-3-4-10-20(14-8-6-5-7-9-14)15(11-17)16-12-18-13-19(16)2/h5-9,12-13,15H,3-4,10-11,17H2,1-2H3. The summed E-state index contributed by atoms with van der Waals surface area (Å²) in [6.45, 7) is 3.80. The van der Waals surface area contributed by atoms with Crippen molar-refractivity contribution in [1.82, 2.24) is 9.55 Å². The molecule has 1 aromatic heterocycles. The Morgan fingerprint density at radius 3 is 2.60 bits per heavy atom. The molecule has 0 aliphatic heterocycles. The van der Waals surface area contributed by atoms with Crippen LogP contribution in [0.5, 0.6) is 0 Å². The minimum Gasteiger partial charge on any atom is -0.362 e. The van der Waals surface area contributed by atoms with Crippen molar-refractivity contribution in [2.24, 2.45) is 12.8 Å². The summed E-state index contributed by atoms with van der Waals surface area (Å²) < 4.78 is 2.05. The number of para-hydroxylation sites is 1. The lowest BCUT2D eigenvalue weighted by Gasteiger charge is -2.33. The SMILES string of the molecule is CCCCN(c1ccccc1)C(CN)c1cncn1C. The maximum Gasteiger partial charge on any atom is 0.0946 e. The Balaban J connectivity index is 2.31. The van der Waals surface area contributed by atoms with Crippen molar-refractivity contribution in [2.45, 2.75) is 25.8 Å². The molecule has 0 spiro atoms. The molecule has 4 nitrogen and oxygen atoms in total. The topological polar surface area (TPSA) is 47.1 Å². The predicted octanol–water partition coefficient (Wildman–Crippen LogP) is 2.73. The molecule has 0 saturated heterocycles. The fraction of sp³-hybridized carbons (Fsp3) is 0.438. The fourth-order valence-corrected chi connectivity index (χ4v) is 2.51. The number of nitrogens with two attached hydrogens (primary N) is 1. The van der Waals surface area contributed by atoms with Crippen molar-refractivity contribution in [3.8, 4) is 0 Å². The van der Waals surface area contributed by atoms with E-state index in [4.69, 9.17) is 5.73 Å². The molecule has 0 bridgehead atoms. The van der Waals surface area contributed by atoms with E-state index in [1.54, 1.807) is 0 Å². The van der Waals surface area contributed by atoms with E-state index in [1.807, 2.05) is 25.6 Å². The number of benzene rings is 1. The highest BCUT2D eigenvalue weighted by Crippen LogP contribution is 2.26. The molecule has 1 heterocycles. The normalized spacial score (nSPS) is 12.3. The lowest BCUT2D eigenvalue weighted by molar-refractivity contribution is 0.575. The lowest BCUT2D eigenvalue weighted by Crippen LogP contribution is -2.35. The average Bonchev–Trinajstić information content (AvgIpc) is 2.90. The van der Waals surface area contributed by atoms with Crippen LogP contribution in [0.25, 0.3) is 0 Å². The summed E-state index contributed by atoms with van der Waals surface area (Å²) in [4.78, 5) is 6.62. The van der Waals surface area contributed by atoms with Crippen LogP contribution in [-0.2, 0) is 7.05 Å². The molecule has 1 unspecified atom stereocenters. The molecule has 108 valence electrons. The zero-order valence-electron chi connectivity index (χ0n) is 12.4. The van der Waals surface area contributed by atoms with Gasteiger partial charge in [0.1, 0.15) is 0 Å². The van der Waals surface area contributed by atoms with Crippen LogP contribution in [0.3, 0.4) is 0 Å². The molecule has 0 amide bonds. The van der Waals surface area contributed by atoms with E-state index in [9.17, 15) is 0 Å². The second kappa shape index (κ2) is 7.10. The number of nitrogens with zero attached hydrogens (tertiary/aromatic N) is 3. The van der Waals surface area contributed by atoms with Crippen LogP contribution in [0.1, 0.15) is 31.5 Å². The third kappa shape index (κ3) is 3.20. The summed E-state index contributed by atoms with van der Waals surface area (Å²) in [6.07, 6.45) is 6.08. The second-order valence-corrected chi connectivity index (χ2v) is 5.06. The number of hydrogen-bond acceptors (Lipinski definition) is 3. The van der Waals surface area contributed by atoms with Gasteiger partial charge in [0, 0.05) is 25.8 Å². The minimum atomic E-state index is 0.163. The predicted molar refractivity (Wildman–Crippen MR) is 83.7 cm³/mol. The quantitative estimate of drug-likeness (QED) is 0.843. The van der Waals surface area contributed by atoms with Gasteiger partial charge in [0.25, 0.3) is 0 Å². The summed E-state index contributed by atoms with van der Waals surface area (Å²) in [6, 6.07) is 10.7. The number of aromatic nitrogens is 2. The molecule has 0 saturated carbocycles. The Labute approximate surface area is 121 Å². The molecule has 2 N–H and O–H groups in total. The molecule has 0 fully saturated rings. The lowest BCUT2D eigenvalue weighted by atomic mass is 10.1. The van der Waals surface area contributed by atoms with Crippen molar-refractivity contribution < 1.29 is 0 Å². The Morgan fingerprint density at radius 1 is 1.30 bits per heavy atom. The van der Waals surface area contributed by atoms with Gasteiger partial charge in [0.15, 0.2) is 0 Å². The highest BCUT2D eigenvalue weighted by Gasteiger charge is 2.21. The summed E-state index contributed by atoms with van der Waals surface area (Å²) in [5, 5.41) is 0. The smallest absolute Gasteiger partial charge is 0.0946 e. The molecule has 4 heteroatoms. The van der Waals surface area contributed by atoms with E-state index in [2.05, 4.69) is 45.6 Å². The molecular weight excluding hydrogens is 248 g/mol. The first kappa shape index (κ1) is 14.6. The molecule has 1 aromatic carbocycles. The molecular formula is C16H24N4. The minimum absolute atomic E-state index is 0.163. The van der Waals surface area contributed by atoms with Crippen LogP contribution in [0.2, 0.25) is 0 Å². The summed E-state index contributed by atoms with van der Waals surface area (Å²) in [7, 11) is 2.02. The van der Waals surface area contributed by atoms with Gasteiger partial charge in [-0.2, -0.15) is 0 Å². The third-order valence-electron chi connectivity index (χ3n) is 3.64. The van der Waals surface area contributed by atoms with E-state index >= 15 is 0 Å². The van der Waals surface area contributed by atoms with E-state index < -0.39 is 0 Å². The summed E-state index contributed by atoms with van der Waals surface area (Å²) >= 11 is 0. The zero-order valence-corrected chi connectivity index (χ0v) is 12.4. The summed E-state index contributed by atoms with van der Waals surface area (Å²) in [5.74, 6) is 0. The second-order valence-electron chi connectivity index (χ2n) is 5.06. The van der Waals surface area contributed by atoms with Gasteiger partial charge in [-0.15, -0.1) is 0 Å². The van der Waals surface area contributed by atoms with Crippen LogP contribution in [0.15, 0.2) is 42.9 Å². The number of imidazole rings is 1. The van der Waals surface area contributed by atoms with Crippen LogP contribution in [0.4, 0.5) is 5.69 Å². The van der Waals surface area contributed by atoms with Crippen molar-refractivity contribution in [1.29, 1.82) is 0 Å². The van der Waals surface area contributed by atoms with Gasteiger partial charge < -0.3 is 15.2 Å². The molecule has 0 radical (unpaired) electrons. The number of hydrogen-bond donors (Lipinski definition) is 1. The van der Waals surface area contributed by atoms with Crippen LogP contribution in [0, 0.1) is 0 Å². The zero-order chi connectivity index (χ0) is 14.4. The van der Waals surface area contributed by atoms with Crippen molar-refractivity contribution in [3.63, 3.8) is 0 Å². The Hall–Kier alpha value is -1.81. The molecule has 20 heavy (non-hydrogen) atoms. The molecule has 0 aliphatic carbocycles. The number of rotatable bonds is 7. The Kier molecular flexibility index (Phi) is 5.18. The monoisotopic (exact) mass is 272 g/mol. The third-order valence-corrected chi connectivity index (χ3v) is 3.64. The van der Waals surface area contributed by atoms with Gasteiger partial charge >= 0.3 is 0 Å². The number of aryl methyl sites for hydroxylation is 1. The van der Waals surface area contributed by atoms with E-state index in [0.717, 1.165) is 18.7 Å². The fourth-order valence-electron chi connectivity index (χ4n) is 2.51. The van der Waals surface area contributed by atoms with E-state index in [-0.39, 0.29) is 6.04 Å². The molecule has 1 atom stereocenters. The van der Waals surface area contributed by atoms with Crippen LogP contribution in [-0.4, -0.2) is 22.6 Å². The first-order valence-corrected chi connectivity index (χ1v) is 7.26. The highest BCUT2D eigenvalue weighted by atomic mass is 15.2. The highest BCUT2D eigenvalue weighted by molar-refractivity contribution is 5.48. The van der Waals surface area contributed by atoms with Gasteiger partial charge in [-0.3, -0.25) is 0 Å². The maximum atomic E-state index is 6.06. The van der Waals surface area contributed by atoms with Crippen molar-refractivity contribution in [2.75, 3.05) is 18.0 Å². The van der Waals surface area contributed by atoms with Gasteiger partial charge in [-0.1, -0.05) is 31.5 Å². The first-order chi connectivity index (χ1) is 9.77.